The average molecular weight is 419 g/mol. The minimum atomic E-state index is 0.287. The monoisotopic (exact) mass is 417 g/mol. The van der Waals surface area contributed by atoms with Crippen molar-refractivity contribution in [1.29, 1.82) is 0 Å². The topological polar surface area (TPSA) is 21.6 Å². The molecule has 3 aromatic carbocycles. The maximum atomic E-state index is 6.37. The van der Waals surface area contributed by atoms with Crippen LogP contribution in [-0.4, -0.2) is 6.21 Å². The van der Waals surface area contributed by atoms with Gasteiger partial charge in [-0.3, -0.25) is 4.99 Å². The lowest BCUT2D eigenvalue weighted by atomic mass is 10.1. The molecule has 3 aromatic rings. The van der Waals surface area contributed by atoms with Gasteiger partial charge in [-0.05, 0) is 49.2 Å². The van der Waals surface area contributed by atoms with Crippen molar-refractivity contribution in [3.05, 3.63) is 91.9 Å². The normalized spacial score (nSPS) is 11.1. The fourth-order valence-corrected chi connectivity index (χ4v) is 3.45. The van der Waals surface area contributed by atoms with Crippen LogP contribution in [0.15, 0.2) is 59.6 Å². The molecule has 27 heavy (non-hydrogen) atoms. The average Bonchev–Trinajstić information content (AvgIpc) is 2.61. The van der Waals surface area contributed by atoms with E-state index >= 15 is 0 Å². The Balaban J connectivity index is 1.78. The fraction of sp³-hybridized carbons (Fsp3) is 0.136. The van der Waals surface area contributed by atoms with Crippen LogP contribution in [0, 0.1) is 13.8 Å². The summed E-state index contributed by atoms with van der Waals surface area (Å²) in [7, 11) is 0. The Morgan fingerprint density at radius 3 is 2.26 bits per heavy atom. The van der Waals surface area contributed by atoms with E-state index in [1.54, 1.807) is 18.3 Å². The van der Waals surface area contributed by atoms with Gasteiger partial charge in [0.1, 0.15) is 6.61 Å². The summed E-state index contributed by atoms with van der Waals surface area (Å²) in [6, 6.07) is 17.2. The van der Waals surface area contributed by atoms with Crippen molar-refractivity contribution in [2.45, 2.75) is 20.5 Å². The maximum absolute atomic E-state index is 6.37. The van der Waals surface area contributed by atoms with Gasteiger partial charge in [0.2, 0.25) is 0 Å². The molecule has 0 atom stereocenters. The van der Waals surface area contributed by atoms with Crippen LogP contribution in [0.1, 0.15) is 22.3 Å². The Hall–Kier alpha value is -2.00. The first kappa shape index (κ1) is 19.8. The third-order valence-electron chi connectivity index (χ3n) is 4.06. The molecule has 0 saturated carbocycles. The second-order valence-electron chi connectivity index (χ2n) is 6.24. The molecule has 138 valence electrons. The third-order valence-corrected chi connectivity index (χ3v) is 4.99. The number of nitrogens with zero attached hydrogens (tertiary/aromatic N) is 1. The predicted molar refractivity (Wildman–Crippen MR) is 115 cm³/mol. The summed E-state index contributed by atoms with van der Waals surface area (Å²) in [6.45, 7) is 4.38. The number of hydrogen-bond acceptors (Lipinski definition) is 2. The number of halogens is 3. The van der Waals surface area contributed by atoms with Crippen LogP contribution >= 0.6 is 34.8 Å². The van der Waals surface area contributed by atoms with E-state index in [9.17, 15) is 0 Å². The Bertz CT molecular complexity index is 976. The van der Waals surface area contributed by atoms with E-state index in [2.05, 4.69) is 18.0 Å². The standard InChI is InChI=1S/C22H18Cl3NO/c1-14-7-8-21(15(2)9-14)26-12-16-10-19(24)22(20(25)11-16)27-13-17-5-3-4-6-18(17)23/h3-12H,13H2,1-2H3. The molecule has 0 aliphatic heterocycles. The molecule has 0 heterocycles. The summed E-state index contributed by atoms with van der Waals surface area (Å²) >= 11 is 18.9. The predicted octanol–water partition coefficient (Wildman–Crippen LogP) is 7.59. The number of aliphatic imine (C=N–C) groups is 1. The molecular formula is C22H18Cl3NO. The van der Waals surface area contributed by atoms with Gasteiger partial charge in [0.15, 0.2) is 5.75 Å². The highest BCUT2D eigenvalue weighted by molar-refractivity contribution is 6.37. The lowest BCUT2D eigenvalue weighted by Crippen LogP contribution is -1.98. The maximum Gasteiger partial charge on any atom is 0.157 e. The van der Waals surface area contributed by atoms with Crippen molar-refractivity contribution in [2.24, 2.45) is 4.99 Å². The first-order valence-electron chi connectivity index (χ1n) is 8.40. The molecule has 0 radical (unpaired) electrons. The molecular weight excluding hydrogens is 401 g/mol. The highest BCUT2D eigenvalue weighted by atomic mass is 35.5. The van der Waals surface area contributed by atoms with Crippen LogP contribution < -0.4 is 4.74 Å². The molecule has 0 amide bonds. The molecule has 0 aliphatic rings. The number of aryl methyl sites for hydroxylation is 2. The summed E-state index contributed by atoms with van der Waals surface area (Å²) in [5.74, 6) is 0.432. The second-order valence-corrected chi connectivity index (χ2v) is 7.46. The van der Waals surface area contributed by atoms with Gasteiger partial charge < -0.3 is 4.74 Å². The van der Waals surface area contributed by atoms with Gasteiger partial charge in [-0.2, -0.15) is 0 Å². The van der Waals surface area contributed by atoms with Crippen molar-refractivity contribution < 1.29 is 4.74 Å². The minimum Gasteiger partial charge on any atom is -0.486 e. The first-order valence-corrected chi connectivity index (χ1v) is 9.54. The summed E-state index contributed by atoms with van der Waals surface area (Å²) in [6.07, 6.45) is 1.74. The number of rotatable bonds is 5. The first-order chi connectivity index (χ1) is 12.9. The van der Waals surface area contributed by atoms with E-state index in [1.807, 2.05) is 43.3 Å². The van der Waals surface area contributed by atoms with Gasteiger partial charge in [-0.1, -0.05) is 70.7 Å². The lowest BCUT2D eigenvalue weighted by Gasteiger charge is -2.11. The van der Waals surface area contributed by atoms with E-state index in [0.717, 1.165) is 22.4 Å². The molecule has 2 nitrogen and oxygen atoms in total. The van der Waals surface area contributed by atoms with Crippen molar-refractivity contribution in [3.63, 3.8) is 0 Å². The molecule has 0 aromatic heterocycles. The van der Waals surface area contributed by atoms with Gasteiger partial charge in [-0.25, -0.2) is 0 Å². The highest BCUT2D eigenvalue weighted by Gasteiger charge is 2.10. The molecule has 0 saturated heterocycles. The SMILES string of the molecule is Cc1ccc(N=Cc2cc(Cl)c(OCc3ccccc3Cl)c(Cl)c2)c(C)c1. The molecule has 3 rings (SSSR count). The highest BCUT2D eigenvalue weighted by Crippen LogP contribution is 2.35. The number of hydrogen-bond donors (Lipinski definition) is 0. The van der Waals surface area contributed by atoms with Gasteiger partial charge in [0, 0.05) is 16.8 Å². The molecule has 5 heteroatoms. The van der Waals surface area contributed by atoms with E-state index < -0.39 is 0 Å². The third kappa shape index (κ3) is 5.04. The van der Waals surface area contributed by atoms with E-state index in [-0.39, 0.29) is 6.61 Å². The van der Waals surface area contributed by atoms with Crippen molar-refractivity contribution in [2.75, 3.05) is 0 Å². The zero-order valence-corrected chi connectivity index (χ0v) is 17.2. The minimum absolute atomic E-state index is 0.287. The van der Waals surface area contributed by atoms with Crippen molar-refractivity contribution in [3.8, 4) is 5.75 Å². The van der Waals surface area contributed by atoms with E-state index in [0.29, 0.717) is 20.8 Å². The van der Waals surface area contributed by atoms with Crippen LogP contribution in [-0.2, 0) is 6.61 Å². The van der Waals surface area contributed by atoms with Crippen LogP contribution in [0.3, 0.4) is 0 Å². The largest absolute Gasteiger partial charge is 0.486 e. The summed E-state index contributed by atoms with van der Waals surface area (Å²) in [5, 5.41) is 1.50. The van der Waals surface area contributed by atoms with Crippen molar-refractivity contribution >= 4 is 46.7 Å². The molecule has 0 N–H and O–H groups in total. The van der Waals surface area contributed by atoms with Gasteiger partial charge >= 0.3 is 0 Å². The summed E-state index contributed by atoms with van der Waals surface area (Å²) in [5.41, 5.74) is 4.90. The smallest absolute Gasteiger partial charge is 0.157 e. The summed E-state index contributed by atoms with van der Waals surface area (Å²) in [4.78, 5) is 4.53. The summed E-state index contributed by atoms with van der Waals surface area (Å²) < 4.78 is 5.79. The zero-order valence-electron chi connectivity index (χ0n) is 15.0. The fourth-order valence-electron chi connectivity index (χ4n) is 2.65. The van der Waals surface area contributed by atoms with Crippen molar-refractivity contribution in [1.82, 2.24) is 0 Å². The van der Waals surface area contributed by atoms with E-state index in [1.165, 1.54) is 5.56 Å². The van der Waals surface area contributed by atoms with E-state index in [4.69, 9.17) is 39.5 Å². The van der Waals surface area contributed by atoms with Crippen LogP contribution in [0.25, 0.3) is 0 Å². The number of benzene rings is 3. The molecule has 0 aliphatic carbocycles. The molecule has 0 spiro atoms. The Labute approximate surface area is 174 Å². The Morgan fingerprint density at radius 2 is 1.59 bits per heavy atom. The van der Waals surface area contributed by atoms with Gasteiger partial charge in [0.05, 0.1) is 15.7 Å². The van der Waals surface area contributed by atoms with Gasteiger partial charge in [0.25, 0.3) is 0 Å². The second kappa shape index (κ2) is 8.79. The molecule has 0 fully saturated rings. The van der Waals surface area contributed by atoms with Gasteiger partial charge in [-0.15, -0.1) is 0 Å². The lowest BCUT2D eigenvalue weighted by molar-refractivity contribution is 0.306. The molecule has 0 unspecified atom stereocenters. The van der Waals surface area contributed by atoms with Crippen LogP contribution in [0.2, 0.25) is 15.1 Å². The quantitative estimate of drug-likeness (QED) is 0.391. The Morgan fingerprint density at radius 1 is 0.889 bits per heavy atom. The Kier molecular flexibility index (Phi) is 6.43. The zero-order chi connectivity index (χ0) is 19.4. The number of ether oxygens (including phenoxy) is 1. The van der Waals surface area contributed by atoms with Crippen LogP contribution in [0.5, 0.6) is 5.75 Å². The van der Waals surface area contributed by atoms with Crippen LogP contribution in [0.4, 0.5) is 5.69 Å². The molecule has 0 bridgehead atoms.